The summed E-state index contributed by atoms with van der Waals surface area (Å²) in [6, 6.07) is -0.192. The molecule has 1 N–H and O–H groups in total. The standard InChI is InChI=1S/C10H17F3N2O2/c1-2-14-8-3-4-15(9(8)16)5-6-17-7-10(11,12)13/h8,14H,2-7H2,1H3. The molecule has 1 rings (SSSR count). The molecule has 100 valence electrons. The van der Waals surface area contributed by atoms with Crippen LogP contribution >= 0.6 is 0 Å². The van der Waals surface area contributed by atoms with Crippen molar-refractivity contribution >= 4 is 5.91 Å². The van der Waals surface area contributed by atoms with Gasteiger partial charge in [0.05, 0.1) is 12.6 Å². The van der Waals surface area contributed by atoms with E-state index in [2.05, 4.69) is 10.1 Å². The molecule has 1 aliphatic heterocycles. The summed E-state index contributed by atoms with van der Waals surface area (Å²) in [6.45, 7) is 2.07. The lowest BCUT2D eigenvalue weighted by Gasteiger charge is -2.17. The summed E-state index contributed by atoms with van der Waals surface area (Å²) in [5, 5.41) is 3.03. The summed E-state index contributed by atoms with van der Waals surface area (Å²) in [5.74, 6) is -0.0533. The van der Waals surface area contributed by atoms with Crippen molar-refractivity contribution in [3.8, 4) is 0 Å². The molecule has 0 bridgehead atoms. The third-order valence-electron chi connectivity index (χ3n) is 2.52. The number of nitrogens with one attached hydrogen (secondary N) is 1. The highest BCUT2D eigenvalue weighted by Crippen LogP contribution is 2.15. The van der Waals surface area contributed by atoms with E-state index in [9.17, 15) is 18.0 Å². The summed E-state index contributed by atoms with van der Waals surface area (Å²) in [5.41, 5.74) is 0. The second-order valence-corrected chi connectivity index (χ2v) is 3.89. The Labute approximate surface area is 98.1 Å². The number of rotatable bonds is 6. The summed E-state index contributed by atoms with van der Waals surface area (Å²) in [7, 11) is 0. The molecule has 0 radical (unpaired) electrons. The third kappa shape index (κ3) is 4.91. The first kappa shape index (κ1) is 14.2. The molecule has 1 fully saturated rings. The Morgan fingerprint density at radius 3 is 2.82 bits per heavy atom. The second-order valence-electron chi connectivity index (χ2n) is 3.89. The first-order valence-corrected chi connectivity index (χ1v) is 5.60. The first-order chi connectivity index (χ1) is 7.94. The lowest BCUT2D eigenvalue weighted by Crippen LogP contribution is -2.39. The topological polar surface area (TPSA) is 41.6 Å². The zero-order valence-electron chi connectivity index (χ0n) is 9.72. The van der Waals surface area contributed by atoms with Crippen LogP contribution in [0, 0.1) is 0 Å². The number of carbonyl (C=O) groups is 1. The maximum absolute atomic E-state index is 11.8. The molecule has 1 heterocycles. The van der Waals surface area contributed by atoms with Crippen molar-refractivity contribution < 1.29 is 22.7 Å². The minimum absolute atomic E-state index is 0.0533. The maximum Gasteiger partial charge on any atom is 0.411 e. The molecule has 0 aromatic heterocycles. The molecule has 17 heavy (non-hydrogen) atoms. The van der Waals surface area contributed by atoms with Gasteiger partial charge in [0.25, 0.3) is 0 Å². The number of carbonyl (C=O) groups excluding carboxylic acids is 1. The van der Waals surface area contributed by atoms with Gasteiger partial charge >= 0.3 is 6.18 Å². The Bertz CT molecular complexity index is 258. The number of likely N-dealkylation sites (tertiary alicyclic amines) is 1. The van der Waals surface area contributed by atoms with Crippen LogP contribution in [-0.2, 0) is 9.53 Å². The van der Waals surface area contributed by atoms with E-state index in [1.165, 1.54) is 4.90 Å². The fraction of sp³-hybridized carbons (Fsp3) is 0.900. The Morgan fingerprint density at radius 2 is 2.24 bits per heavy atom. The van der Waals surface area contributed by atoms with Crippen LogP contribution in [0.3, 0.4) is 0 Å². The fourth-order valence-electron chi connectivity index (χ4n) is 1.76. The molecule has 4 nitrogen and oxygen atoms in total. The number of amides is 1. The molecule has 0 spiro atoms. The van der Waals surface area contributed by atoms with E-state index >= 15 is 0 Å². The molecule has 0 saturated carbocycles. The van der Waals surface area contributed by atoms with Crippen LogP contribution in [0.5, 0.6) is 0 Å². The molecular weight excluding hydrogens is 237 g/mol. The van der Waals surface area contributed by atoms with Gasteiger partial charge in [0.1, 0.15) is 6.61 Å². The van der Waals surface area contributed by atoms with Gasteiger partial charge in [-0.25, -0.2) is 0 Å². The van der Waals surface area contributed by atoms with E-state index in [1.807, 2.05) is 6.92 Å². The van der Waals surface area contributed by atoms with Crippen LogP contribution in [0.1, 0.15) is 13.3 Å². The Morgan fingerprint density at radius 1 is 1.53 bits per heavy atom. The molecule has 0 aliphatic carbocycles. The maximum atomic E-state index is 11.8. The first-order valence-electron chi connectivity index (χ1n) is 5.60. The number of hydrogen-bond donors (Lipinski definition) is 1. The number of alkyl halides is 3. The number of likely N-dealkylation sites (N-methyl/N-ethyl adjacent to an activating group) is 1. The van der Waals surface area contributed by atoms with E-state index in [0.717, 1.165) is 0 Å². The van der Waals surface area contributed by atoms with Crippen LogP contribution in [0.25, 0.3) is 0 Å². The van der Waals surface area contributed by atoms with Gasteiger partial charge in [0.2, 0.25) is 5.91 Å². The molecule has 1 saturated heterocycles. The van der Waals surface area contributed by atoms with E-state index in [-0.39, 0.29) is 25.1 Å². The van der Waals surface area contributed by atoms with Crippen molar-refractivity contribution in [2.75, 3.05) is 32.8 Å². The van der Waals surface area contributed by atoms with Gasteiger partial charge in [-0.2, -0.15) is 13.2 Å². The quantitative estimate of drug-likeness (QED) is 0.712. The van der Waals surface area contributed by atoms with Crippen molar-refractivity contribution in [2.45, 2.75) is 25.6 Å². The summed E-state index contributed by atoms with van der Waals surface area (Å²) >= 11 is 0. The molecule has 0 aromatic rings. The smallest absolute Gasteiger partial charge is 0.370 e. The van der Waals surface area contributed by atoms with Gasteiger partial charge in [-0.05, 0) is 13.0 Å². The second kappa shape index (κ2) is 6.20. The number of halogens is 3. The lowest BCUT2D eigenvalue weighted by molar-refractivity contribution is -0.174. The molecular formula is C10H17F3N2O2. The lowest BCUT2D eigenvalue weighted by atomic mass is 10.2. The van der Waals surface area contributed by atoms with Gasteiger partial charge in [-0.1, -0.05) is 6.92 Å². The largest absolute Gasteiger partial charge is 0.411 e. The highest BCUT2D eigenvalue weighted by atomic mass is 19.4. The van der Waals surface area contributed by atoms with Crippen LogP contribution in [-0.4, -0.2) is 55.9 Å². The average Bonchev–Trinajstić information content (AvgIpc) is 2.55. The molecule has 1 unspecified atom stereocenters. The monoisotopic (exact) mass is 254 g/mol. The van der Waals surface area contributed by atoms with Crippen LogP contribution < -0.4 is 5.32 Å². The summed E-state index contributed by atoms with van der Waals surface area (Å²) in [4.78, 5) is 13.2. The number of hydrogen-bond acceptors (Lipinski definition) is 3. The Kier molecular flexibility index (Phi) is 5.20. The SMILES string of the molecule is CCNC1CCN(CCOCC(F)(F)F)C1=O. The summed E-state index contributed by atoms with van der Waals surface area (Å²) < 4.78 is 39.8. The van der Waals surface area contributed by atoms with E-state index in [4.69, 9.17) is 0 Å². The molecule has 1 atom stereocenters. The number of ether oxygens (including phenoxy) is 1. The van der Waals surface area contributed by atoms with Gasteiger partial charge in [0.15, 0.2) is 0 Å². The molecule has 0 aromatic carbocycles. The van der Waals surface area contributed by atoms with Crippen molar-refractivity contribution in [2.24, 2.45) is 0 Å². The Balaban J connectivity index is 2.19. The fourth-order valence-corrected chi connectivity index (χ4v) is 1.76. The van der Waals surface area contributed by atoms with Gasteiger partial charge in [-0.3, -0.25) is 4.79 Å². The van der Waals surface area contributed by atoms with Gasteiger partial charge < -0.3 is 15.0 Å². The van der Waals surface area contributed by atoms with Gasteiger partial charge in [-0.15, -0.1) is 0 Å². The minimum Gasteiger partial charge on any atom is -0.370 e. The Hall–Kier alpha value is -0.820. The zero-order valence-corrected chi connectivity index (χ0v) is 9.72. The van der Waals surface area contributed by atoms with E-state index in [1.54, 1.807) is 0 Å². The van der Waals surface area contributed by atoms with Crippen LogP contribution in [0.4, 0.5) is 13.2 Å². The van der Waals surface area contributed by atoms with Crippen molar-refractivity contribution in [1.82, 2.24) is 10.2 Å². The molecule has 7 heteroatoms. The highest BCUT2D eigenvalue weighted by molar-refractivity contribution is 5.83. The highest BCUT2D eigenvalue weighted by Gasteiger charge is 2.31. The minimum atomic E-state index is -4.30. The van der Waals surface area contributed by atoms with E-state index < -0.39 is 12.8 Å². The molecule has 1 amide bonds. The molecule has 1 aliphatic rings. The van der Waals surface area contributed by atoms with Crippen LogP contribution in [0.15, 0.2) is 0 Å². The normalized spacial score (nSPS) is 21.3. The van der Waals surface area contributed by atoms with E-state index in [0.29, 0.717) is 19.5 Å². The zero-order chi connectivity index (χ0) is 12.9. The van der Waals surface area contributed by atoms with Crippen LogP contribution in [0.2, 0.25) is 0 Å². The van der Waals surface area contributed by atoms with Gasteiger partial charge in [0, 0.05) is 13.1 Å². The average molecular weight is 254 g/mol. The van der Waals surface area contributed by atoms with Crippen molar-refractivity contribution in [3.05, 3.63) is 0 Å². The predicted molar refractivity (Wildman–Crippen MR) is 55.5 cm³/mol. The third-order valence-corrected chi connectivity index (χ3v) is 2.52. The van der Waals surface area contributed by atoms with Crippen molar-refractivity contribution in [3.63, 3.8) is 0 Å². The summed E-state index contributed by atoms with van der Waals surface area (Å²) in [6.07, 6.45) is -3.60. The number of nitrogens with zero attached hydrogens (tertiary/aromatic N) is 1. The van der Waals surface area contributed by atoms with Crippen molar-refractivity contribution in [1.29, 1.82) is 0 Å². The predicted octanol–water partition coefficient (Wildman–Crippen LogP) is 0.776.